The van der Waals surface area contributed by atoms with E-state index in [1.54, 1.807) is 47.4 Å². The molecule has 1 aliphatic heterocycles. The summed E-state index contributed by atoms with van der Waals surface area (Å²) in [6, 6.07) is 21.2. The monoisotopic (exact) mass is 526 g/mol. The lowest BCUT2D eigenvalue weighted by atomic mass is 10.2. The van der Waals surface area contributed by atoms with Gasteiger partial charge in [0.25, 0.3) is 0 Å². The molecule has 0 spiro atoms. The number of ether oxygens (including phenoxy) is 2. The molecule has 0 radical (unpaired) electrons. The molecular formula is C26H23ClN2O6S. The summed E-state index contributed by atoms with van der Waals surface area (Å²) in [6.45, 7) is 0.204. The molecule has 10 heteroatoms. The number of halogens is 1. The maximum atomic E-state index is 12.6. The van der Waals surface area contributed by atoms with Crippen LogP contribution in [0.25, 0.3) is 0 Å². The number of carbonyl (C=O) groups excluding carboxylic acids is 2. The van der Waals surface area contributed by atoms with E-state index in [-0.39, 0.29) is 23.2 Å². The van der Waals surface area contributed by atoms with Crippen molar-refractivity contribution in [3.05, 3.63) is 83.4 Å². The van der Waals surface area contributed by atoms with Crippen LogP contribution in [-0.4, -0.2) is 53.4 Å². The van der Waals surface area contributed by atoms with Crippen molar-refractivity contribution >= 4 is 47.0 Å². The van der Waals surface area contributed by atoms with Gasteiger partial charge in [0.05, 0.1) is 23.0 Å². The molecule has 0 saturated heterocycles. The lowest BCUT2D eigenvalue weighted by molar-refractivity contribution is -0.138. The van der Waals surface area contributed by atoms with E-state index in [0.717, 1.165) is 15.5 Å². The predicted molar refractivity (Wildman–Crippen MR) is 137 cm³/mol. The molecule has 186 valence electrons. The van der Waals surface area contributed by atoms with Gasteiger partial charge in [0.2, 0.25) is 5.91 Å². The van der Waals surface area contributed by atoms with Gasteiger partial charge in [0, 0.05) is 11.4 Å². The normalized spacial score (nSPS) is 12.6. The smallest absolute Gasteiger partial charge is 0.416 e. The summed E-state index contributed by atoms with van der Waals surface area (Å²) in [5, 5.41) is 9.48. The van der Waals surface area contributed by atoms with Crippen LogP contribution in [0.4, 0.5) is 10.5 Å². The van der Waals surface area contributed by atoms with Crippen LogP contribution < -0.4 is 14.4 Å². The third-order valence-corrected chi connectivity index (χ3v) is 6.67. The lowest BCUT2D eigenvalue weighted by Gasteiger charge is -2.28. The van der Waals surface area contributed by atoms with Gasteiger partial charge in [0.15, 0.2) is 5.75 Å². The zero-order chi connectivity index (χ0) is 25.5. The number of carbonyl (C=O) groups is 3. The van der Waals surface area contributed by atoms with E-state index < -0.39 is 18.6 Å². The van der Waals surface area contributed by atoms with Crippen LogP contribution in [0.5, 0.6) is 11.5 Å². The summed E-state index contributed by atoms with van der Waals surface area (Å²) in [6.07, 6.45) is -0.824. The minimum atomic E-state index is -1.17. The average molecular weight is 527 g/mol. The molecule has 0 aliphatic carbocycles. The first-order valence-corrected chi connectivity index (χ1v) is 12.4. The van der Waals surface area contributed by atoms with Crippen LogP contribution in [-0.2, 0) is 16.1 Å². The van der Waals surface area contributed by atoms with Crippen molar-refractivity contribution in [2.24, 2.45) is 0 Å². The Balaban J connectivity index is 1.34. The van der Waals surface area contributed by atoms with Gasteiger partial charge in [-0.1, -0.05) is 48.0 Å². The molecule has 3 aromatic carbocycles. The van der Waals surface area contributed by atoms with Crippen LogP contribution in [0.1, 0.15) is 5.56 Å². The topological polar surface area (TPSA) is 96.4 Å². The van der Waals surface area contributed by atoms with Gasteiger partial charge in [-0.2, -0.15) is 0 Å². The molecule has 0 aromatic heterocycles. The second kappa shape index (κ2) is 11.8. The third-order valence-electron chi connectivity index (χ3n) is 5.31. The van der Waals surface area contributed by atoms with Crippen molar-refractivity contribution in [3.63, 3.8) is 0 Å². The average Bonchev–Trinajstić information content (AvgIpc) is 2.87. The number of amides is 2. The highest BCUT2D eigenvalue weighted by Crippen LogP contribution is 2.34. The quantitative estimate of drug-likeness (QED) is 0.421. The van der Waals surface area contributed by atoms with Crippen LogP contribution in [0, 0.1) is 0 Å². The SMILES string of the molecule is O=C(O)CN(Cc1ccc(OCCN2C(=O)CSc3ccccc32)cc1)C(=O)Oc1ccccc1Cl. The summed E-state index contributed by atoms with van der Waals surface area (Å²) in [4.78, 5) is 40.1. The second-order valence-electron chi connectivity index (χ2n) is 7.84. The Bertz CT molecular complexity index is 1250. The molecular weight excluding hydrogens is 504 g/mol. The number of benzene rings is 3. The van der Waals surface area contributed by atoms with E-state index in [9.17, 15) is 19.5 Å². The van der Waals surface area contributed by atoms with E-state index in [1.165, 1.54) is 17.8 Å². The molecule has 3 aromatic rings. The van der Waals surface area contributed by atoms with Crippen molar-refractivity contribution in [1.29, 1.82) is 0 Å². The predicted octanol–water partition coefficient (Wildman–Crippen LogP) is 4.94. The van der Waals surface area contributed by atoms with Gasteiger partial charge >= 0.3 is 12.1 Å². The summed E-state index contributed by atoms with van der Waals surface area (Å²) in [5.74, 6) is 0.0152. The van der Waals surface area contributed by atoms with Gasteiger partial charge in [-0.3, -0.25) is 14.5 Å². The summed E-state index contributed by atoms with van der Waals surface area (Å²) >= 11 is 7.56. The first kappa shape index (κ1) is 25.4. The molecule has 0 bridgehead atoms. The number of rotatable bonds is 9. The van der Waals surface area contributed by atoms with E-state index >= 15 is 0 Å². The molecule has 4 rings (SSSR count). The molecule has 0 atom stereocenters. The number of para-hydroxylation sites is 2. The largest absolute Gasteiger partial charge is 0.492 e. The van der Waals surface area contributed by atoms with Crippen LogP contribution in [0.2, 0.25) is 5.02 Å². The van der Waals surface area contributed by atoms with E-state index in [1.807, 2.05) is 24.3 Å². The number of nitrogens with zero attached hydrogens (tertiary/aromatic N) is 2. The third kappa shape index (κ3) is 6.50. The minimum absolute atomic E-state index is 0.0204. The Labute approximate surface area is 217 Å². The summed E-state index contributed by atoms with van der Waals surface area (Å²) in [5.41, 5.74) is 1.58. The molecule has 2 amide bonds. The maximum absolute atomic E-state index is 12.6. The van der Waals surface area contributed by atoms with Gasteiger partial charge in [0.1, 0.15) is 18.9 Å². The summed E-state index contributed by atoms with van der Waals surface area (Å²) < 4.78 is 11.1. The highest BCUT2D eigenvalue weighted by Gasteiger charge is 2.24. The Morgan fingerprint density at radius 1 is 1.03 bits per heavy atom. The van der Waals surface area contributed by atoms with E-state index in [0.29, 0.717) is 30.2 Å². The van der Waals surface area contributed by atoms with Crippen molar-refractivity contribution < 1.29 is 29.0 Å². The molecule has 0 fully saturated rings. The van der Waals surface area contributed by atoms with Gasteiger partial charge < -0.3 is 19.5 Å². The highest BCUT2D eigenvalue weighted by molar-refractivity contribution is 8.00. The number of hydrogen-bond acceptors (Lipinski definition) is 6. The van der Waals surface area contributed by atoms with Crippen LogP contribution in [0.15, 0.2) is 77.7 Å². The number of anilines is 1. The molecule has 36 heavy (non-hydrogen) atoms. The fourth-order valence-electron chi connectivity index (χ4n) is 3.60. The molecule has 1 aliphatic rings. The Morgan fingerprint density at radius 2 is 1.75 bits per heavy atom. The van der Waals surface area contributed by atoms with Crippen molar-refractivity contribution in [2.75, 3.05) is 30.3 Å². The van der Waals surface area contributed by atoms with Gasteiger partial charge in [-0.25, -0.2) is 4.79 Å². The molecule has 0 saturated carbocycles. The second-order valence-corrected chi connectivity index (χ2v) is 9.27. The fourth-order valence-corrected chi connectivity index (χ4v) is 4.71. The molecule has 1 heterocycles. The number of fused-ring (bicyclic) bond motifs is 1. The lowest BCUT2D eigenvalue weighted by Crippen LogP contribution is -2.38. The first-order chi connectivity index (χ1) is 17.4. The highest BCUT2D eigenvalue weighted by atomic mass is 35.5. The number of carboxylic acid groups (broad SMARTS) is 1. The zero-order valence-corrected chi connectivity index (χ0v) is 20.7. The Hall–Kier alpha value is -3.69. The Morgan fingerprint density at radius 3 is 2.50 bits per heavy atom. The molecule has 8 nitrogen and oxygen atoms in total. The van der Waals surface area contributed by atoms with Crippen molar-refractivity contribution in [2.45, 2.75) is 11.4 Å². The zero-order valence-electron chi connectivity index (χ0n) is 19.1. The van der Waals surface area contributed by atoms with Gasteiger partial charge in [-0.15, -0.1) is 11.8 Å². The minimum Gasteiger partial charge on any atom is -0.492 e. The van der Waals surface area contributed by atoms with E-state index in [2.05, 4.69) is 0 Å². The number of hydrogen-bond donors (Lipinski definition) is 1. The van der Waals surface area contributed by atoms with Crippen LogP contribution >= 0.6 is 23.4 Å². The maximum Gasteiger partial charge on any atom is 0.416 e. The van der Waals surface area contributed by atoms with E-state index in [4.69, 9.17) is 21.1 Å². The number of thioether (sulfide) groups is 1. The van der Waals surface area contributed by atoms with Gasteiger partial charge in [-0.05, 0) is 42.0 Å². The fraction of sp³-hybridized carbons (Fsp3) is 0.192. The van der Waals surface area contributed by atoms with Crippen molar-refractivity contribution in [3.8, 4) is 11.5 Å². The Kier molecular flexibility index (Phi) is 8.35. The molecule has 0 unspecified atom stereocenters. The standard InChI is InChI=1S/C26H23ClN2O6S/c27-20-5-1-3-7-22(20)35-26(33)28(16-25(31)32)15-18-9-11-19(12-10-18)34-14-13-29-21-6-2-4-8-23(21)36-17-24(29)30/h1-12H,13-17H2,(H,31,32). The number of aliphatic carboxylic acids is 1. The summed E-state index contributed by atoms with van der Waals surface area (Å²) in [7, 11) is 0. The first-order valence-electron chi connectivity index (χ1n) is 11.1. The van der Waals surface area contributed by atoms with Crippen molar-refractivity contribution in [1.82, 2.24) is 4.90 Å². The molecule has 1 N–H and O–H groups in total. The van der Waals surface area contributed by atoms with Crippen LogP contribution in [0.3, 0.4) is 0 Å². The number of carboxylic acids is 1.